The first-order chi connectivity index (χ1) is 9.11. The Labute approximate surface area is 111 Å². The van der Waals surface area contributed by atoms with Gasteiger partial charge in [-0.15, -0.1) is 0 Å². The van der Waals surface area contributed by atoms with Crippen LogP contribution >= 0.6 is 0 Å². The first-order valence-electron chi connectivity index (χ1n) is 5.75. The molecule has 0 spiro atoms. The summed E-state index contributed by atoms with van der Waals surface area (Å²) >= 11 is 0. The van der Waals surface area contributed by atoms with Gasteiger partial charge in [0.2, 0.25) is 0 Å². The second-order valence-corrected chi connectivity index (χ2v) is 3.84. The van der Waals surface area contributed by atoms with Crippen molar-refractivity contribution >= 4 is 17.6 Å². The van der Waals surface area contributed by atoms with Gasteiger partial charge in [-0.05, 0) is 17.7 Å². The van der Waals surface area contributed by atoms with Gasteiger partial charge >= 0.3 is 5.97 Å². The molecule has 0 aliphatic carbocycles. The average molecular weight is 261 g/mol. The van der Waals surface area contributed by atoms with E-state index in [0.29, 0.717) is 5.69 Å². The maximum Gasteiger partial charge on any atom is 0.310 e. The number of nitrogens with two attached hydrogens (primary N) is 1. The molecule has 100 valence electrons. The number of nitriles is 1. The average Bonchev–Trinajstić information content (AvgIpc) is 2.37. The number of hydrogen-bond acceptors (Lipinski definition) is 5. The van der Waals surface area contributed by atoms with E-state index in [9.17, 15) is 9.59 Å². The number of nitrogens with zero attached hydrogens (tertiary/aromatic N) is 1. The van der Waals surface area contributed by atoms with E-state index in [-0.39, 0.29) is 26.0 Å². The van der Waals surface area contributed by atoms with Crippen LogP contribution in [-0.2, 0) is 20.7 Å². The van der Waals surface area contributed by atoms with Crippen molar-refractivity contribution in [3.05, 3.63) is 29.8 Å². The number of nitrogens with one attached hydrogen (secondary N) is 1. The quantitative estimate of drug-likeness (QED) is 0.437. The topological polar surface area (TPSA) is 105 Å². The van der Waals surface area contributed by atoms with Crippen LogP contribution in [0.25, 0.3) is 0 Å². The highest BCUT2D eigenvalue weighted by atomic mass is 16.5. The molecule has 19 heavy (non-hydrogen) atoms. The summed E-state index contributed by atoms with van der Waals surface area (Å²) in [6.45, 7) is -0.0886. The van der Waals surface area contributed by atoms with Gasteiger partial charge in [0.05, 0.1) is 18.9 Å². The van der Waals surface area contributed by atoms with Gasteiger partial charge in [0.15, 0.2) is 6.61 Å². The van der Waals surface area contributed by atoms with Crippen LogP contribution in [0, 0.1) is 11.3 Å². The minimum absolute atomic E-state index is 0.0660. The summed E-state index contributed by atoms with van der Waals surface area (Å²) in [5, 5.41) is 10.7. The molecule has 1 aromatic carbocycles. The largest absolute Gasteiger partial charge is 0.455 e. The number of rotatable bonds is 6. The smallest absolute Gasteiger partial charge is 0.310 e. The fourth-order valence-corrected chi connectivity index (χ4v) is 1.38. The van der Waals surface area contributed by atoms with Crippen molar-refractivity contribution < 1.29 is 14.3 Å². The van der Waals surface area contributed by atoms with Crippen LogP contribution in [0.1, 0.15) is 12.0 Å². The molecule has 0 atom stereocenters. The fourth-order valence-electron chi connectivity index (χ4n) is 1.38. The van der Waals surface area contributed by atoms with Crippen molar-refractivity contribution in [2.75, 3.05) is 18.9 Å². The third-order valence-corrected chi connectivity index (χ3v) is 2.22. The summed E-state index contributed by atoms with van der Waals surface area (Å²) in [6, 6.07) is 8.78. The van der Waals surface area contributed by atoms with Crippen LogP contribution in [0.4, 0.5) is 5.69 Å². The molecule has 0 fully saturated rings. The molecule has 0 saturated carbocycles. The van der Waals surface area contributed by atoms with Gasteiger partial charge in [-0.1, -0.05) is 12.1 Å². The molecule has 1 rings (SSSR count). The zero-order valence-corrected chi connectivity index (χ0v) is 10.4. The van der Waals surface area contributed by atoms with Gasteiger partial charge < -0.3 is 15.8 Å². The van der Waals surface area contributed by atoms with E-state index in [1.165, 1.54) is 0 Å². The Hall–Kier alpha value is -2.55. The van der Waals surface area contributed by atoms with Crippen LogP contribution in [0.15, 0.2) is 24.3 Å². The first kappa shape index (κ1) is 14.5. The van der Waals surface area contributed by atoms with Crippen molar-refractivity contribution in [1.29, 1.82) is 5.26 Å². The van der Waals surface area contributed by atoms with Crippen LogP contribution < -0.4 is 11.1 Å². The molecule has 0 aliphatic heterocycles. The van der Waals surface area contributed by atoms with E-state index in [1.807, 2.05) is 6.07 Å². The molecule has 0 saturated heterocycles. The molecular formula is C13H15N3O3. The predicted molar refractivity (Wildman–Crippen MR) is 68.8 cm³/mol. The minimum atomic E-state index is -0.499. The van der Waals surface area contributed by atoms with Gasteiger partial charge in [-0.25, -0.2) is 0 Å². The van der Waals surface area contributed by atoms with Crippen molar-refractivity contribution in [3.8, 4) is 6.07 Å². The van der Waals surface area contributed by atoms with E-state index >= 15 is 0 Å². The lowest BCUT2D eigenvalue weighted by atomic mass is 10.1. The SMILES string of the molecule is N#CCCNC(=O)COC(=O)Cc1cccc(N)c1. The summed E-state index contributed by atoms with van der Waals surface area (Å²) in [6.07, 6.45) is 0.291. The number of amides is 1. The molecule has 3 N–H and O–H groups in total. The fraction of sp³-hybridized carbons (Fsp3) is 0.308. The Morgan fingerprint density at radius 2 is 2.21 bits per heavy atom. The molecule has 0 bridgehead atoms. The van der Waals surface area contributed by atoms with Gasteiger partial charge in [0, 0.05) is 12.2 Å². The highest BCUT2D eigenvalue weighted by Crippen LogP contribution is 2.07. The molecule has 6 nitrogen and oxygen atoms in total. The number of hydrogen-bond donors (Lipinski definition) is 2. The van der Waals surface area contributed by atoms with Gasteiger partial charge in [0.1, 0.15) is 0 Å². The lowest BCUT2D eigenvalue weighted by Gasteiger charge is -2.05. The van der Waals surface area contributed by atoms with Crippen LogP contribution in [0.2, 0.25) is 0 Å². The van der Waals surface area contributed by atoms with E-state index in [2.05, 4.69) is 5.32 Å². The highest BCUT2D eigenvalue weighted by Gasteiger charge is 2.08. The lowest BCUT2D eigenvalue weighted by Crippen LogP contribution is -2.29. The number of anilines is 1. The van der Waals surface area contributed by atoms with Gasteiger partial charge in [-0.3, -0.25) is 9.59 Å². The number of esters is 1. The molecule has 1 aromatic rings. The van der Waals surface area contributed by atoms with Crippen molar-refractivity contribution in [2.45, 2.75) is 12.8 Å². The van der Waals surface area contributed by atoms with Gasteiger partial charge in [-0.2, -0.15) is 5.26 Å². The first-order valence-corrected chi connectivity index (χ1v) is 5.75. The Bertz CT molecular complexity index is 494. The summed E-state index contributed by atoms with van der Waals surface area (Å²) in [5.41, 5.74) is 6.88. The molecule has 0 aromatic heterocycles. The Balaban J connectivity index is 2.28. The van der Waals surface area contributed by atoms with E-state index in [4.69, 9.17) is 15.7 Å². The predicted octanol–water partition coefficient (Wildman–Crippen LogP) is 0.384. The highest BCUT2D eigenvalue weighted by molar-refractivity contribution is 5.81. The third kappa shape index (κ3) is 6.07. The summed E-state index contributed by atoms with van der Waals surface area (Å²) in [7, 11) is 0. The number of benzene rings is 1. The summed E-state index contributed by atoms with van der Waals surface area (Å²) in [5.74, 6) is -0.919. The van der Waals surface area contributed by atoms with Crippen molar-refractivity contribution in [3.63, 3.8) is 0 Å². The number of nitrogen functional groups attached to an aromatic ring is 1. The second kappa shape index (κ2) is 7.71. The second-order valence-electron chi connectivity index (χ2n) is 3.84. The maximum atomic E-state index is 11.5. The Kier molecular flexibility index (Phi) is 5.89. The monoisotopic (exact) mass is 261 g/mol. The van der Waals surface area contributed by atoms with Crippen molar-refractivity contribution in [1.82, 2.24) is 5.32 Å². The number of carbonyl (C=O) groups excluding carboxylic acids is 2. The van der Waals surface area contributed by atoms with Crippen LogP contribution in [0.5, 0.6) is 0 Å². The van der Waals surface area contributed by atoms with E-state index < -0.39 is 11.9 Å². The van der Waals surface area contributed by atoms with E-state index in [1.54, 1.807) is 24.3 Å². The lowest BCUT2D eigenvalue weighted by molar-refractivity contribution is -0.147. The molecule has 1 amide bonds. The number of ether oxygens (including phenoxy) is 1. The Morgan fingerprint density at radius 1 is 1.42 bits per heavy atom. The molecule has 0 unspecified atom stereocenters. The molecule has 0 heterocycles. The van der Waals surface area contributed by atoms with Crippen molar-refractivity contribution in [2.24, 2.45) is 0 Å². The molecular weight excluding hydrogens is 246 g/mol. The standard InChI is InChI=1S/C13H15N3O3/c14-5-2-6-16-12(17)9-19-13(18)8-10-3-1-4-11(15)7-10/h1,3-4,7H,2,6,8-9,15H2,(H,16,17). The van der Waals surface area contributed by atoms with Gasteiger partial charge in [0.25, 0.3) is 5.91 Å². The minimum Gasteiger partial charge on any atom is -0.455 e. The zero-order valence-electron chi connectivity index (χ0n) is 10.4. The molecule has 6 heteroatoms. The van der Waals surface area contributed by atoms with Crippen LogP contribution in [0.3, 0.4) is 0 Å². The molecule has 0 aliphatic rings. The third-order valence-electron chi connectivity index (χ3n) is 2.22. The number of carbonyl (C=O) groups is 2. The zero-order chi connectivity index (χ0) is 14.1. The maximum absolute atomic E-state index is 11.5. The van der Waals surface area contributed by atoms with E-state index in [0.717, 1.165) is 5.56 Å². The Morgan fingerprint density at radius 3 is 2.89 bits per heavy atom. The normalized spacial score (nSPS) is 9.42. The molecule has 0 radical (unpaired) electrons. The summed E-state index contributed by atoms with van der Waals surface area (Å²) in [4.78, 5) is 22.7. The summed E-state index contributed by atoms with van der Waals surface area (Å²) < 4.78 is 4.80. The van der Waals surface area contributed by atoms with Crippen LogP contribution in [-0.4, -0.2) is 25.0 Å².